The Kier molecular flexibility index (Phi) is 3.24. The molecule has 0 amide bonds. The van der Waals surface area contributed by atoms with Crippen LogP contribution in [0.5, 0.6) is 0 Å². The first-order chi connectivity index (χ1) is 8.22. The Morgan fingerprint density at radius 1 is 1.29 bits per heavy atom. The number of nitrogens with one attached hydrogen (secondary N) is 1. The van der Waals surface area contributed by atoms with Gasteiger partial charge in [-0.3, -0.25) is 4.99 Å². The molecule has 1 saturated carbocycles. The summed E-state index contributed by atoms with van der Waals surface area (Å²) in [5.41, 5.74) is 0.835. The van der Waals surface area contributed by atoms with Crippen LogP contribution >= 0.6 is 35.0 Å². The lowest BCUT2D eigenvalue weighted by Gasteiger charge is -2.09. The van der Waals surface area contributed by atoms with Crippen molar-refractivity contribution in [1.29, 1.82) is 0 Å². The minimum atomic E-state index is 0.662. The molecule has 0 spiro atoms. The zero-order valence-corrected chi connectivity index (χ0v) is 11.4. The van der Waals surface area contributed by atoms with E-state index in [0.29, 0.717) is 15.3 Å². The van der Waals surface area contributed by atoms with E-state index in [4.69, 9.17) is 23.2 Å². The molecular weight excluding hydrogens is 275 g/mol. The van der Waals surface area contributed by atoms with Crippen molar-refractivity contribution < 1.29 is 0 Å². The van der Waals surface area contributed by atoms with Crippen LogP contribution in [-0.2, 0) is 0 Å². The molecule has 1 heterocycles. The number of hydrogen-bond acceptors (Lipinski definition) is 3. The van der Waals surface area contributed by atoms with Gasteiger partial charge in [0.2, 0.25) is 0 Å². The molecule has 2 nitrogen and oxygen atoms in total. The van der Waals surface area contributed by atoms with Gasteiger partial charge in [0, 0.05) is 10.3 Å². The van der Waals surface area contributed by atoms with Crippen molar-refractivity contribution in [2.45, 2.75) is 18.1 Å². The zero-order valence-electron chi connectivity index (χ0n) is 9.12. The second-order valence-corrected chi connectivity index (χ2v) is 6.46. The maximum absolute atomic E-state index is 6.10. The van der Waals surface area contributed by atoms with Gasteiger partial charge in [-0.1, -0.05) is 35.0 Å². The van der Waals surface area contributed by atoms with Crippen LogP contribution in [0.15, 0.2) is 23.2 Å². The quantitative estimate of drug-likeness (QED) is 0.877. The molecule has 1 unspecified atom stereocenters. The lowest BCUT2D eigenvalue weighted by Crippen LogP contribution is -2.09. The van der Waals surface area contributed by atoms with E-state index in [2.05, 4.69) is 10.3 Å². The highest BCUT2D eigenvalue weighted by atomic mass is 35.5. The number of thioether (sulfide) groups is 1. The van der Waals surface area contributed by atoms with Gasteiger partial charge in [-0.15, -0.1) is 0 Å². The van der Waals surface area contributed by atoms with E-state index in [1.165, 1.54) is 12.8 Å². The van der Waals surface area contributed by atoms with E-state index in [1.807, 2.05) is 17.8 Å². The van der Waals surface area contributed by atoms with E-state index < -0.39 is 0 Å². The van der Waals surface area contributed by atoms with Gasteiger partial charge >= 0.3 is 0 Å². The standard InChI is InChI=1S/C12H12Cl2N2S/c13-8-3-4-9(14)10(5-8)16-12-15-6-11(17-12)7-1-2-7/h3-5,7,11H,1-2,6H2,(H,15,16). The highest BCUT2D eigenvalue weighted by molar-refractivity contribution is 8.15. The van der Waals surface area contributed by atoms with Gasteiger partial charge in [-0.25, -0.2) is 0 Å². The third-order valence-electron chi connectivity index (χ3n) is 3.00. The molecular formula is C12H12Cl2N2S. The Balaban J connectivity index is 1.68. The Labute approximate surface area is 115 Å². The molecule has 1 aromatic rings. The largest absolute Gasteiger partial charge is 0.334 e. The van der Waals surface area contributed by atoms with E-state index in [0.717, 1.165) is 23.3 Å². The van der Waals surface area contributed by atoms with Gasteiger partial charge in [-0.05, 0) is 37.0 Å². The van der Waals surface area contributed by atoms with Gasteiger partial charge in [0.25, 0.3) is 0 Å². The summed E-state index contributed by atoms with van der Waals surface area (Å²) in [4.78, 5) is 4.51. The Bertz CT molecular complexity index is 472. The van der Waals surface area contributed by atoms with Gasteiger partial charge < -0.3 is 5.32 Å². The van der Waals surface area contributed by atoms with Crippen molar-refractivity contribution in [3.05, 3.63) is 28.2 Å². The average molecular weight is 287 g/mol. The van der Waals surface area contributed by atoms with Gasteiger partial charge in [-0.2, -0.15) is 0 Å². The van der Waals surface area contributed by atoms with E-state index in [-0.39, 0.29) is 0 Å². The first kappa shape index (κ1) is 11.7. The van der Waals surface area contributed by atoms with E-state index >= 15 is 0 Å². The third-order valence-corrected chi connectivity index (χ3v) is 4.85. The van der Waals surface area contributed by atoms with Crippen molar-refractivity contribution in [1.82, 2.24) is 0 Å². The monoisotopic (exact) mass is 286 g/mol. The summed E-state index contributed by atoms with van der Waals surface area (Å²) in [6.07, 6.45) is 2.72. The summed E-state index contributed by atoms with van der Waals surface area (Å²) in [6, 6.07) is 5.41. The predicted molar refractivity (Wildman–Crippen MR) is 76.5 cm³/mol. The second kappa shape index (κ2) is 4.71. The number of anilines is 1. The van der Waals surface area contributed by atoms with Crippen LogP contribution in [0.4, 0.5) is 5.69 Å². The summed E-state index contributed by atoms with van der Waals surface area (Å²) in [5, 5.41) is 6.24. The molecule has 1 N–H and O–H groups in total. The number of amidine groups is 1. The lowest BCUT2D eigenvalue weighted by atomic mass is 10.3. The highest BCUT2D eigenvalue weighted by Crippen LogP contribution is 2.42. The topological polar surface area (TPSA) is 24.4 Å². The van der Waals surface area contributed by atoms with Crippen LogP contribution in [0.1, 0.15) is 12.8 Å². The molecule has 2 aliphatic rings. The minimum Gasteiger partial charge on any atom is -0.334 e. The summed E-state index contributed by atoms with van der Waals surface area (Å²) < 4.78 is 0. The van der Waals surface area contributed by atoms with Crippen molar-refractivity contribution in [2.24, 2.45) is 10.9 Å². The average Bonchev–Trinajstić information content (AvgIpc) is 3.05. The minimum absolute atomic E-state index is 0.662. The summed E-state index contributed by atoms with van der Waals surface area (Å²) in [5.74, 6) is 0.873. The SMILES string of the molecule is Clc1ccc(Cl)c(NC2=NCC(C3CC3)S2)c1. The fraction of sp³-hybridized carbons (Fsp3) is 0.417. The van der Waals surface area contributed by atoms with Crippen molar-refractivity contribution >= 4 is 45.8 Å². The van der Waals surface area contributed by atoms with Crippen molar-refractivity contribution in [2.75, 3.05) is 11.9 Å². The number of halogens is 2. The Hall–Kier alpha value is -0.380. The van der Waals surface area contributed by atoms with Crippen LogP contribution < -0.4 is 5.32 Å². The molecule has 1 aliphatic heterocycles. The third kappa shape index (κ3) is 2.72. The van der Waals surface area contributed by atoms with E-state index in [1.54, 1.807) is 12.1 Å². The molecule has 0 aromatic heterocycles. The second-order valence-electron chi connectivity index (χ2n) is 4.39. The molecule has 0 bridgehead atoms. The van der Waals surface area contributed by atoms with Crippen LogP contribution in [0, 0.1) is 5.92 Å². The van der Waals surface area contributed by atoms with Gasteiger partial charge in [0.15, 0.2) is 5.17 Å². The molecule has 0 saturated heterocycles. The smallest absolute Gasteiger partial charge is 0.161 e. The van der Waals surface area contributed by atoms with Crippen molar-refractivity contribution in [3.8, 4) is 0 Å². The predicted octanol–water partition coefficient (Wildman–Crippen LogP) is 4.29. The number of rotatable bonds is 2. The normalized spacial score (nSPS) is 23.6. The van der Waals surface area contributed by atoms with Crippen LogP contribution in [0.2, 0.25) is 10.0 Å². The van der Waals surface area contributed by atoms with Crippen LogP contribution in [0.25, 0.3) is 0 Å². The Morgan fingerprint density at radius 2 is 2.12 bits per heavy atom. The fourth-order valence-electron chi connectivity index (χ4n) is 1.88. The number of hydrogen-bond donors (Lipinski definition) is 1. The summed E-state index contributed by atoms with van der Waals surface area (Å²) in [6.45, 7) is 0.926. The Morgan fingerprint density at radius 3 is 2.88 bits per heavy atom. The zero-order chi connectivity index (χ0) is 11.8. The number of nitrogens with zero attached hydrogens (tertiary/aromatic N) is 1. The molecule has 1 fully saturated rings. The summed E-state index contributed by atoms with van der Waals surface area (Å²) >= 11 is 13.9. The molecule has 1 atom stereocenters. The molecule has 90 valence electrons. The molecule has 5 heteroatoms. The molecule has 0 radical (unpaired) electrons. The van der Waals surface area contributed by atoms with Gasteiger partial charge in [0.05, 0.1) is 17.3 Å². The number of aliphatic imine (C=N–C) groups is 1. The number of benzene rings is 1. The van der Waals surface area contributed by atoms with E-state index in [9.17, 15) is 0 Å². The van der Waals surface area contributed by atoms with Crippen LogP contribution in [-0.4, -0.2) is 17.0 Å². The molecule has 1 aromatic carbocycles. The highest BCUT2D eigenvalue weighted by Gasteiger charge is 2.35. The molecule has 3 rings (SSSR count). The lowest BCUT2D eigenvalue weighted by molar-refractivity contribution is 0.773. The summed E-state index contributed by atoms with van der Waals surface area (Å²) in [7, 11) is 0. The first-order valence-electron chi connectivity index (χ1n) is 5.65. The maximum Gasteiger partial charge on any atom is 0.161 e. The first-order valence-corrected chi connectivity index (χ1v) is 7.29. The molecule has 17 heavy (non-hydrogen) atoms. The maximum atomic E-state index is 6.10. The van der Waals surface area contributed by atoms with Crippen LogP contribution in [0.3, 0.4) is 0 Å². The van der Waals surface area contributed by atoms with Crippen molar-refractivity contribution in [3.63, 3.8) is 0 Å². The fourth-order valence-corrected chi connectivity index (χ4v) is 3.44. The molecule has 1 aliphatic carbocycles. The van der Waals surface area contributed by atoms with Gasteiger partial charge in [0.1, 0.15) is 0 Å².